The van der Waals surface area contributed by atoms with Crippen molar-refractivity contribution in [1.82, 2.24) is 9.80 Å². The number of halogens is 3. The Morgan fingerprint density at radius 1 is 1.16 bits per heavy atom. The molecule has 1 aliphatic rings. The van der Waals surface area contributed by atoms with E-state index in [1.807, 2.05) is 18.7 Å². The van der Waals surface area contributed by atoms with Crippen LogP contribution >= 0.6 is 0 Å². The van der Waals surface area contributed by atoms with Crippen LogP contribution < -0.4 is 0 Å². The van der Waals surface area contributed by atoms with Crippen LogP contribution in [0.5, 0.6) is 0 Å². The zero-order chi connectivity index (χ0) is 23.1. The summed E-state index contributed by atoms with van der Waals surface area (Å²) in [5, 5.41) is 0. The van der Waals surface area contributed by atoms with Crippen LogP contribution in [0.3, 0.4) is 0 Å². The van der Waals surface area contributed by atoms with Gasteiger partial charge in [0.2, 0.25) is 5.91 Å². The zero-order valence-electron chi connectivity index (χ0n) is 18.0. The minimum Gasteiger partial charge on any atom is -0.379 e. The lowest BCUT2D eigenvalue weighted by Gasteiger charge is -2.28. The van der Waals surface area contributed by atoms with Crippen LogP contribution in [0.25, 0.3) is 0 Å². The lowest BCUT2D eigenvalue weighted by atomic mass is 10.1. The Morgan fingerprint density at radius 2 is 1.84 bits per heavy atom. The lowest BCUT2D eigenvalue weighted by molar-refractivity contribution is -0.130. The van der Waals surface area contributed by atoms with Gasteiger partial charge in [0.1, 0.15) is 0 Å². The van der Waals surface area contributed by atoms with E-state index in [0.717, 1.165) is 43.6 Å². The van der Waals surface area contributed by atoms with Crippen LogP contribution in [0.1, 0.15) is 38.7 Å². The highest BCUT2D eigenvalue weighted by atomic mass is 32.2. The van der Waals surface area contributed by atoms with Gasteiger partial charge < -0.3 is 14.5 Å². The highest BCUT2D eigenvalue weighted by Gasteiger charge is 2.46. The number of rotatable bonds is 10. The van der Waals surface area contributed by atoms with Gasteiger partial charge in [0.15, 0.2) is 0 Å². The number of unbranched alkanes of at least 4 members (excludes halogenated alkanes) is 1. The van der Waals surface area contributed by atoms with Crippen molar-refractivity contribution >= 4 is 15.7 Å². The van der Waals surface area contributed by atoms with Gasteiger partial charge in [0, 0.05) is 19.1 Å². The molecule has 1 amide bonds. The molecule has 1 saturated heterocycles. The van der Waals surface area contributed by atoms with Crippen molar-refractivity contribution in [1.29, 1.82) is 0 Å². The molecule has 176 valence electrons. The van der Waals surface area contributed by atoms with Gasteiger partial charge in [-0.25, -0.2) is 8.42 Å². The second-order valence-electron chi connectivity index (χ2n) is 7.73. The maximum absolute atomic E-state index is 12.7. The number of sulfone groups is 1. The molecule has 10 heteroatoms. The molecule has 1 aliphatic heterocycles. The van der Waals surface area contributed by atoms with Gasteiger partial charge >= 0.3 is 5.51 Å². The van der Waals surface area contributed by atoms with Crippen molar-refractivity contribution in [2.75, 3.05) is 39.4 Å². The summed E-state index contributed by atoms with van der Waals surface area (Å²) in [7, 11) is -5.32. The SMILES string of the molecule is CCN(CCCCN1CCOCCC1=O)C(C)Cc1ccc(S(=O)(=O)C(F)(F)F)cc1. The summed E-state index contributed by atoms with van der Waals surface area (Å²) in [4.78, 5) is 15.4. The fourth-order valence-electron chi connectivity index (χ4n) is 3.67. The number of amides is 1. The Morgan fingerprint density at radius 3 is 2.45 bits per heavy atom. The number of alkyl halides is 3. The van der Waals surface area contributed by atoms with E-state index in [1.54, 1.807) is 0 Å². The highest BCUT2D eigenvalue weighted by Crippen LogP contribution is 2.30. The predicted octanol–water partition coefficient (Wildman–Crippen LogP) is 3.26. The molecule has 0 radical (unpaired) electrons. The van der Waals surface area contributed by atoms with E-state index in [0.29, 0.717) is 39.1 Å². The maximum atomic E-state index is 12.7. The van der Waals surface area contributed by atoms with Gasteiger partial charge in [0.25, 0.3) is 9.84 Å². The average molecular weight is 465 g/mol. The van der Waals surface area contributed by atoms with Gasteiger partial charge in [-0.3, -0.25) is 4.79 Å². The Hall–Kier alpha value is -1.65. The molecule has 31 heavy (non-hydrogen) atoms. The van der Waals surface area contributed by atoms with Gasteiger partial charge in [-0.1, -0.05) is 19.1 Å². The van der Waals surface area contributed by atoms with Crippen molar-refractivity contribution in [2.24, 2.45) is 0 Å². The zero-order valence-corrected chi connectivity index (χ0v) is 18.8. The number of hydrogen-bond acceptors (Lipinski definition) is 5. The van der Waals surface area contributed by atoms with E-state index < -0.39 is 20.2 Å². The third kappa shape index (κ3) is 7.18. The van der Waals surface area contributed by atoms with Crippen LogP contribution in [0.15, 0.2) is 29.2 Å². The van der Waals surface area contributed by atoms with Crippen LogP contribution in [-0.2, 0) is 25.8 Å². The predicted molar refractivity (Wildman–Crippen MR) is 111 cm³/mol. The molecule has 0 spiro atoms. The van der Waals surface area contributed by atoms with Crippen LogP contribution in [0.2, 0.25) is 0 Å². The van der Waals surface area contributed by atoms with E-state index in [1.165, 1.54) is 12.1 Å². The first kappa shape index (κ1) is 25.6. The first-order valence-corrected chi connectivity index (χ1v) is 12.0. The smallest absolute Gasteiger partial charge is 0.379 e. The number of hydrogen-bond donors (Lipinski definition) is 0. The van der Waals surface area contributed by atoms with Crippen molar-refractivity contribution in [3.8, 4) is 0 Å². The summed E-state index contributed by atoms with van der Waals surface area (Å²) in [6.07, 6.45) is 2.84. The monoisotopic (exact) mass is 464 g/mol. The first-order valence-electron chi connectivity index (χ1n) is 10.6. The maximum Gasteiger partial charge on any atom is 0.501 e. The van der Waals surface area contributed by atoms with Gasteiger partial charge in [-0.05, 0) is 57.0 Å². The summed E-state index contributed by atoms with van der Waals surface area (Å²) < 4.78 is 66.3. The van der Waals surface area contributed by atoms with Crippen molar-refractivity contribution < 1.29 is 31.1 Å². The number of nitrogens with zero attached hydrogens (tertiary/aromatic N) is 2. The topological polar surface area (TPSA) is 66.9 Å². The second-order valence-corrected chi connectivity index (χ2v) is 9.67. The number of benzene rings is 1. The fraction of sp³-hybridized carbons (Fsp3) is 0.667. The Balaban J connectivity index is 1.84. The molecule has 1 aromatic carbocycles. The minimum absolute atomic E-state index is 0.134. The third-order valence-electron chi connectivity index (χ3n) is 5.54. The molecule has 1 aromatic rings. The third-order valence-corrected chi connectivity index (χ3v) is 7.04. The van der Waals surface area contributed by atoms with E-state index >= 15 is 0 Å². The lowest BCUT2D eigenvalue weighted by Crippen LogP contribution is -2.36. The van der Waals surface area contributed by atoms with E-state index in [-0.39, 0.29) is 11.9 Å². The largest absolute Gasteiger partial charge is 0.501 e. The molecular weight excluding hydrogens is 433 g/mol. The van der Waals surface area contributed by atoms with Gasteiger partial charge in [-0.15, -0.1) is 0 Å². The van der Waals surface area contributed by atoms with E-state index in [4.69, 9.17) is 4.74 Å². The average Bonchev–Trinajstić information content (AvgIpc) is 2.91. The molecule has 6 nitrogen and oxygen atoms in total. The number of carbonyl (C=O) groups excluding carboxylic acids is 1. The fourth-order valence-corrected chi connectivity index (χ4v) is 4.43. The summed E-state index contributed by atoms with van der Waals surface area (Å²) in [6.45, 7) is 8.15. The molecule has 0 bridgehead atoms. The molecule has 1 heterocycles. The van der Waals surface area contributed by atoms with Crippen LogP contribution in [0.4, 0.5) is 13.2 Å². The van der Waals surface area contributed by atoms with Crippen LogP contribution in [0, 0.1) is 0 Å². The van der Waals surface area contributed by atoms with Crippen molar-refractivity contribution in [3.63, 3.8) is 0 Å². The highest BCUT2D eigenvalue weighted by molar-refractivity contribution is 7.92. The van der Waals surface area contributed by atoms with E-state index in [2.05, 4.69) is 4.90 Å². The summed E-state index contributed by atoms with van der Waals surface area (Å²) >= 11 is 0. The first-order chi connectivity index (χ1) is 14.6. The molecule has 0 saturated carbocycles. The molecular formula is C21H31F3N2O4S. The summed E-state index contributed by atoms with van der Waals surface area (Å²) in [6, 6.07) is 5.06. The Bertz CT molecular complexity index is 813. The van der Waals surface area contributed by atoms with Gasteiger partial charge in [0.05, 0.1) is 24.5 Å². The molecule has 0 N–H and O–H groups in total. The number of carbonyl (C=O) groups is 1. The van der Waals surface area contributed by atoms with Gasteiger partial charge in [-0.2, -0.15) is 13.2 Å². The molecule has 1 unspecified atom stereocenters. The second kappa shape index (κ2) is 11.3. The normalized spacial score (nSPS) is 17.1. The standard InChI is InChI=1S/C21H31F3N2O4S/c1-3-25(11-4-5-12-26-13-15-30-14-10-20(26)27)17(2)16-18-6-8-19(9-7-18)31(28,29)21(22,23)24/h6-9,17H,3-5,10-16H2,1-2H3. The summed E-state index contributed by atoms with van der Waals surface area (Å²) in [5.41, 5.74) is -4.52. The minimum atomic E-state index is -5.32. The molecule has 0 aromatic heterocycles. The van der Waals surface area contributed by atoms with E-state index in [9.17, 15) is 26.4 Å². The number of likely N-dealkylation sites (N-methyl/N-ethyl adjacent to an activating group) is 1. The Labute approximate surface area is 182 Å². The molecule has 0 aliphatic carbocycles. The quantitative estimate of drug-likeness (QED) is 0.498. The summed E-state index contributed by atoms with van der Waals surface area (Å²) in [5.74, 6) is 0.134. The molecule has 1 fully saturated rings. The van der Waals surface area contributed by atoms with Crippen molar-refractivity contribution in [2.45, 2.75) is 56.0 Å². The Kier molecular flexibility index (Phi) is 9.32. The molecule has 2 rings (SSSR count). The molecule has 1 atom stereocenters. The van der Waals surface area contributed by atoms with Crippen molar-refractivity contribution in [3.05, 3.63) is 29.8 Å². The number of ether oxygens (including phenoxy) is 1. The van der Waals surface area contributed by atoms with Crippen LogP contribution in [-0.4, -0.2) is 75.1 Å².